The van der Waals surface area contributed by atoms with Gasteiger partial charge in [0.2, 0.25) is 5.69 Å². The molecule has 4 rings (SSSR count). The smallest absolute Gasteiger partial charge is 0.209 e. The molecule has 31 heavy (non-hydrogen) atoms. The number of hydrogen-bond acceptors (Lipinski definition) is 2. The minimum absolute atomic E-state index is 0.00105. The third kappa shape index (κ3) is 4.41. The van der Waals surface area contributed by atoms with E-state index >= 15 is 0 Å². The number of nitrogens with one attached hydrogen (secondary N) is 1. The fourth-order valence-electron chi connectivity index (χ4n) is 4.26. The van der Waals surface area contributed by atoms with E-state index in [0.29, 0.717) is 6.61 Å². The van der Waals surface area contributed by atoms with Gasteiger partial charge in [-0.05, 0) is 62.2 Å². The molecule has 0 aliphatic carbocycles. The second kappa shape index (κ2) is 8.81. The molecule has 0 bridgehead atoms. The molecule has 3 heteroatoms. The van der Waals surface area contributed by atoms with Crippen LogP contribution in [0.1, 0.15) is 37.5 Å². The van der Waals surface area contributed by atoms with Gasteiger partial charge >= 0.3 is 0 Å². The molecule has 1 N–H and O–H groups in total. The van der Waals surface area contributed by atoms with Crippen LogP contribution in [-0.4, -0.2) is 23.9 Å². The molecule has 0 unspecified atom stereocenters. The standard InChI is InChI=1S/C28H30N2O/c1-5-31-24-17-12-22(13-18-24)20-29-23-15-10-21(11-16-23)14-19-27-28(2,3)25-8-6-7-9-26(25)30(27)4/h6-19H,5,20H2,1-4H3/p+1. The summed E-state index contributed by atoms with van der Waals surface area (Å²) in [7, 11) is 2.15. The third-order valence-corrected chi connectivity index (χ3v) is 6.02. The first-order valence-electron chi connectivity index (χ1n) is 10.9. The summed E-state index contributed by atoms with van der Waals surface area (Å²) in [4.78, 5) is 0. The lowest BCUT2D eigenvalue weighted by Gasteiger charge is -2.15. The lowest BCUT2D eigenvalue weighted by atomic mass is 9.81. The molecule has 1 heterocycles. The van der Waals surface area contributed by atoms with Crippen LogP contribution in [0.25, 0.3) is 6.08 Å². The van der Waals surface area contributed by atoms with E-state index in [9.17, 15) is 0 Å². The van der Waals surface area contributed by atoms with Crippen molar-refractivity contribution in [3.63, 3.8) is 0 Å². The number of para-hydroxylation sites is 1. The zero-order valence-corrected chi connectivity index (χ0v) is 18.9. The van der Waals surface area contributed by atoms with E-state index in [0.717, 1.165) is 18.0 Å². The number of ether oxygens (including phenoxy) is 1. The van der Waals surface area contributed by atoms with Crippen LogP contribution in [0.3, 0.4) is 0 Å². The monoisotopic (exact) mass is 411 g/mol. The van der Waals surface area contributed by atoms with E-state index in [1.54, 1.807) is 0 Å². The van der Waals surface area contributed by atoms with E-state index in [4.69, 9.17) is 4.74 Å². The number of rotatable bonds is 7. The molecular formula is C28H31N2O+. The lowest BCUT2D eigenvalue weighted by molar-refractivity contribution is -0.401. The van der Waals surface area contributed by atoms with Crippen molar-refractivity contribution < 1.29 is 9.31 Å². The van der Waals surface area contributed by atoms with Crippen molar-refractivity contribution in [2.45, 2.75) is 32.7 Å². The van der Waals surface area contributed by atoms with Crippen LogP contribution < -0.4 is 10.1 Å². The van der Waals surface area contributed by atoms with Crippen molar-refractivity contribution in [1.82, 2.24) is 0 Å². The van der Waals surface area contributed by atoms with Crippen LogP contribution in [0.2, 0.25) is 0 Å². The maximum Gasteiger partial charge on any atom is 0.209 e. The summed E-state index contributed by atoms with van der Waals surface area (Å²) in [5, 5.41) is 3.49. The molecule has 3 aromatic carbocycles. The van der Waals surface area contributed by atoms with Crippen LogP contribution in [0.4, 0.5) is 11.4 Å². The minimum Gasteiger partial charge on any atom is -0.494 e. The minimum atomic E-state index is 0.00105. The average Bonchev–Trinajstić information content (AvgIpc) is 2.98. The van der Waals surface area contributed by atoms with Gasteiger partial charge in [-0.1, -0.05) is 42.5 Å². The zero-order valence-electron chi connectivity index (χ0n) is 18.9. The third-order valence-electron chi connectivity index (χ3n) is 6.02. The number of fused-ring (bicyclic) bond motifs is 1. The summed E-state index contributed by atoms with van der Waals surface area (Å²) in [6.45, 7) is 8.07. The van der Waals surface area contributed by atoms with Crippen molar-refractivity contribution in [2.24, 2.45) is 0 Å². The van der Waals surface area contributed by atoms with Gasteiger partial charge in [0.15, 0.2) is 5.71 Å². The van der Waals surface area contributed by atoms with E-state index in [-0.39, 0.29) is 5.41 Å². The molecular weight excluding hydrogens is 380 g/mol. The van der Waals surface area contributed by atoms with Crippen LogP contribution in [-0.2, 0) is 12.0 Å². The Morgan fingerprint density at radius 2 is 1.61 bits per heavy atom. The fraction of sp³-hybridized carbons (Fsp3) is 0.250. The van der Waals surface area contributed by atoms with Gasteiger partial charge in [0.25, 0.3) is 0 Å². The summed E-state index contributed by atoms with van der Waals surface area (Å²) in [6.07, 6.45) is 4.46. The molecule has 0 saturated heterocycles. The highest BCUT2D eigenvalue weighted by atomic mass is 16.5. The molecule has 0 radical (unpaired) electrons. The normalized spacial score (nSPS) is 14.7. The molecule has 0 fully saturated rings. The number of hydrogen-bond donors (Lipinski definition) is 1. The predicted molar refractivity (Wildman–Crippen MR) is 131 cm³/mol. The first kappa shape index (κ1) is 20.9. The molecule has 3 aromatic rings. The van der Waals surface area contributed by atoms with Crippen molar-refractivity contribution >= 4 is 23.2 Å². The Bertz CT molecular complexity index is 1110. The summed E-state index contributed by atoms with van der Waals surface area (Å²) >= 11 is 0. The Hall–Kier alpha value is -3.33. The molecule has 0 aromatic heterocycles. The molecule has 0 atom stereocenters. The van der Waals surface area contributed by atoms with Crippen molar-refractivity contribution in [3.05, 3.63) is 95.6 Å². The highest BCUT2D eigenvalue weighted by molar-refractivity contribution is 6.05. The lowest BCUT2D eigenvalue weighted by Crippen LogP contribution is -2.26. The predicted octanol–water partition coefficient (Wildman–Crippen LogP) is 6.42. The van der Waals surface area contributed by atoms with E-state index < -0.39 is 0 Å². The van der Waals surface area contributed by atoms with Crippen molar-refractivity contribution in [3.8, 4) is 5.75 Å². The first-order valence-corrected chi connectivity index (χ1v) is 10.9. The number of benzene rings is 3. The van der Waals surface area contributed by atoms with Crippen molar-refractivity contribution in [2.75, 3.05) is 19.0 Å². The number of nitrogens with zero attached hydrogens (tertiary/aromatic N) is 1. The maximum absolute atomic E-state index is 5.50. The Balaban J connectivity index is 1.41. The maximum atomic E-state index is 5.50. The van der Waals surface area contributed by atoms with Gasteiger partial charge in [-0.3, -0.25) is 0 Å². The van der Waals surface area contributed by atoms with Gasteiger partial charge in [-0.25, -0.2) is 0 Å². The van der Waals surface area contributed by atoms with Crippen LogP contribution >= 0.6 is 0 Å². The molecule has 0 saturated carbocycles. The van der Waals surface area contributed by atoms with Gasteiger partial charge in [0.05, 0.1) is 12.0 Å². The fourth-order valence-corrected chi connectivity index (χ4v) is 4.26. The Kier molecular flexibility index (Phi) is 5.94. The van der Waals surface area contributed by atoms with Gasteiger partial charge in [-0.2, -0.15) is 4.58 Å². The van der Waals surface area contributed by atoms with Gasteiger partial charge < -0.3 is 10.1 Å². The molecule has 1 aliphatic rings. The van der Waals surface area contributed by atoms with E-state index in [1.807, 2.05) is 19.1 Å². The first-order chi connectivity index (χ1) is 15.0. The van der Waals surface area contributed by atoms with Crippen molar-refractivity contribution in [1.29, 1.82) is 0 Å². The van der Waals surface area contributed by atoms with Crippen LogP contribution in [0, 0.1) is 0 Å². The molecule has 0 spiro atoms. The number of anilines is 1. The van der Waals surface area contributed by atoms with Gasteiger partial charge in [-0.15, -0.1) is 0 Å². The highest BCUT2D eigenvalue weighted by Crippen LogP contribution is 2.39. The van der Waals surface area contributed by atoms with Crippen LogP contribution in [0.15, 0.2) is 78.9 Å². The quantitative estimate of drug-likeness (QED) is 0.454. The summed E-state index contributed by atoms with van der Waals surface area (Å²) in [5.41, 5.74) is 7.53. The summed E-state index contributed by atoms with van der Waals surface area (Å²) < 4.78 is 7.81. The second-order valence-electron chi connectivity index (χ2n) is 8.47. The average molecular weight is 412 g/mol. The highest BCUT2D eigenvalue weighted by Gasteiger charge is 2.42. The molecule has 158 valence electrons. The Labute approximate surface area is 185 Å². The Morgan fingerprint density at radius 1 is 0.903 bits per heavy atom. The molecule has 0 amide bonds. The number of allylic oxidation sites excluding steroid dienone is 1. The topological polar surface area (TPSA) is 24.3 Å². The van der Waals surface area contributed by atoms with Gasteiger partial charge in [0.1, 0.15) is 12.8 Å². The summed E-state index contributed by atoms with van der Waals surface area (Å²) in [6, 6.07) is 25.5. The van der Waals surface area contributed by atoms with Crippen LogP contribution in [0.5, 0.6) is 5.75 Å². The second-order valence-corrected chi connectivity index (χ2v) is 8.47. The van der Waals surface area contributed by atoms with E-state index in [2.05, 4.69) is 104 Å². The van der Waals surface area contributed by atoms with E-state index in [1.165, 1.54) is 28.1 Å². The zero-order chi connectivity index (χ0) is 21.8. The SMILES string of the molecule is CCOc1ccc(CNc2ccc(C=CC3=[N+](C)c4ccccc4C3(C)C)cc2)cc1. The Morgan fingerprint density at radius 3 is 2.29 bits per heavy atom. The summed E-state index contributed by atoms with van der Waals surface area (Å²) in [5.74, 6) is 0.916. The molecule has 1 aliphatic heterocycles. The molecule has 3 nitrogen and oxygen atoms in total. The van der Waals surface area contributed by atoms with Gasteiger partial charge in [0, 0.05) is 29.9 Å². The largest absolute Gasteiger partial charge is 0.494 e.